The first kappa shape index (κ1) is 19.2. The molecule has 1 aliphatic rings. The molecule has 6 nitrogen and oxygen atoms in total. The number of nitrogens with two attached hydrogens (primary N) is 1. The Balaban J connectivity index is 1.48. The number of carbonyl (C=O) groups is 1. The lowest BCUT2D eigenvalue weighted by Gasteiger charge is -2.30. The van der Waals surface area contributed by atoms with Crippen molar-refractivity contribution in [2.45, 2.75) is 32.4 Å². The summed E-state index contributed by atoms with van der Waals surface area (Å²) in [5, 5.41) is 7.30. The molecule has 4 N–H and O–H groups in total. The molecule has 1 fully saturated rings. The molecule has 2 aromatic carbocycles. The smallest absolute Gasteiger partial charge is 0.316 e. The second-order valence-corrected chi connectivity index (χ2v) is 7.50. The van der Waals surface area contributed by atoms with Crippen LogP contribution in [0.4, 0.5) is 16.3 Å². The number of hydrogen-bond donors (Lipinski definition) is 3. The van der Waals surface area contributed by atoms with E-state index in [1.165, 1.54) is 30.2 Å². The lowest BCUT2D eigenvalue weighted by Crippen LogP contribution is -2.31. The van der Waals surface area contributed by atoms with E-state index < -0.39 is 6.03 Å². The highest BCUT2D eigenvalue weighted by Gasteiger charge is 2.16. The van der Waals surface area contributed by atoms with Gasteiger partial charge in [-0.3, -0.25) is 0 Å². The minimum Gasteiger partial charge on any atom is -0.356 e. The average molecular weight is 390 g/mol. The number of rotatable bonds is 6. The Morgan fingerprint density at radius 1 is 1.00 bits per heavy atom. The highest BCUT2D eigenvalue weighted by atomic mass is 16.2. The van der Waals surface area contributed by atoms with Gasteiger partial charge in [0, 0.05) is 42.8 Å². The molecule has 0 bridgehead atoms. The van der Waals surface area contributed by atoms with Gasteiger partial charge in [-0.25, -0.2) is 9.78 Å². The maximum Gasteiger partial charge on any atom is 0.316 e. The van der Waals surface area contributed by atoms with Crippen LogP contribution in [0.5, 0.6) is 0 Å². The van der Waals surface area contributed by atoms with Crippen LogP contribution in [0.2, 0.25) is 0 Å². The van der Waals surface area contributed by atoms with Crippen LogP contribution < -0.4 is 21.3 Å². The maximum absolute atomic E-state index is 10.9. The largest absolute Gasteiger partial charge is 0.356 e. The Kier molecular flexibility index (Phi) is 5.91. The van der Waals surface area contributed by atoms with Crippen LogP contribution >= 0.6 is 0 Å². The zero-order valence-electron chi connectivity index (χ0n) is 16.5. The van der Waals surface area contributed by atoms with E-state index in [0.717, 1.165) is 43.1 Å². The van der Waals surface area contributed by atoms with E-state index in [-0.39, 0.29) is 0 Å². The average Bonchev–Trinajstić information content (AvgIpc) is 2.75. The third-order valence-electron chi connectivity index (χ3n) is 5.30. The van der Waals surface area contributed by atoms with Crippen LogP contribution in [0.15, 0.2) is 54.6 Å². The van der Waals surface area contributed by atoms with Crippen LogP contribution in [0.1, 0.15) is 30.4 Å². The molecule has 29 heavy (non-hydrogen) atoms. The van der Waals surface area contributed by atoms with Crippen LogP contribution in [0, 0.1) is 0 Å². The summed E-state index contributed by atoms with van der Waals surface area (Å²) in [4.78, 5) is 18.4. The first-order chi connectivity index (χ1) is 14.2. The van der Waals surface area contributed by atoms with Crippen molar-refractivity contribution in [2.75, 3.05) is 23.3 Å². The number of hydrogen-bond acceptors (Lipinski definition) is 4. The van der Waals surface area contributed by atoms with E-state index >= 15 is 0 Å². The molecule has 0 saturated carbocycles. The van der Waals surface area contributed by atoms with Gasteiger partial charge < -0.3 is 21.3 Å². The molecule has 1 aliphatic heterocycles. The van der Waals surface area contributed by atoms with Crippen molar-refractivity contribution in [3.63, 3.8) is 0 Å². The summed E-state index contributed by atoms with van der Waals surface area (Å²) in [6.07, 6.45) is 3.76. The number of nitrogens with zero attached hydrogens (tertiary/aromatic N) is 2. The van der Waals surface area contributed by atoms with E-state index in [1.54, 1.807) is 0 Å². The molecule has 1 aromatic heterocycles. The predicted octanol–water partition coefficient (Wildman–Crippen LogP) is 4.01. The van der Waals surface area contributed by atoms with E-state index in [4.69, 9.17) is 10.7 Å². The fourth-order valence-corrected chi connectivity index (χ4v) is 3.85. The molecular weight excluding hydrogens is 362 g/mol. The minimum atomic E-state index is -0.551. The number of anilines is 2. The van der Waals surface area contributed by atoms with Gasteiger partial charge in [-0.05, 0) is 49.1 Å². The van der Waals surface area contributed by atoms with E-state index in [9.17, 15) is 4.79 Å². The van der Waals surface area contributed by atoms with E-state index in [1.807, 2.05) is 30.3 Å². The van der Waals surface area contributed by atoms with Crippen LogP contribution in [0.25, 0.3) is 10.9 Å². The van der Waals surface area contributed by atoms with Crippen LogP contribution in [0.3, 0.4) is 0 Å². The lowest BCUT2D eigenvalue weighted by molar-refractivity contribution is 0.259. The fourth-order valence-electron chi connectivity index (χ4n) is 3.85. The molecule has 0 unspecified atom stereocenters. The van der Waals surface area contributed by atoms with Crippen molar-refractivity contribution in [1.82, 2.24) is 10.3 Å². The molecule has 0 aliphatic carbocycles. The molecule has 150 valence electrons. The van der Waals surface area contributed by atoms with Crippen molar-refractivity contribution in [3.8, 4) is 0 Å². The highest BCUT2D eigenvalue weighted by Crippen LogP contribution is 2.26. The van der Waals surface area contributed by atoms with Gasteiger partial charge in [0.25, 0.3) is 0 Å². The number of piperidine rings is 1. The highest BCUT2D eigenvalue weighted by molar-refractivity contribution is 5.87. The Labute approximate surface area is 171 Å². The van der Waals surface area contributed by atoms with Crippen molar-refractivity contribution in [1.29, 1.82) is 0 Å². The summed E-state index contributed by atoms with van der Waals surface area (Å²) >= 11 is 0. The number of amides is 2. The number of pyridine rings is 1. The van der Waals surface area contributed by atoms with Crippen LogP contribution in [-0.4, -0.2) is 24.1 Å². The van der Waals surface area contributed by atoms with Gasteiger partial charge in [0.1, 0.15) is 5.82 Å². The van der Waals surface area contributed by atoms with Crippen LogP contribution in [-0.2, 0) is 13.1 Å². The van der Waals surface area contributed by atoms with Crippen molar-refractivity contribution in [3.05, 3.63) is 65.7 Å². The summed E-state index contributed by atoms with van der Waals surface area (Å²) in [6, 6.07) is 17.7. The SMILES string of the molecule is NC(=O)Nc1ccc(CNCc2cc3ccccc3nc2N2CCCCC2)cc1. The second-order valence-electron chi connectivity index (χ2n) is 7.50. The number of aromatic nitrogens is 1. The number of para-hydroxylation sites is 1. The quantitative estimate of drug-likeness (QED) is 0.595. The predicted molar refractivity (Wildman–Crippen MR) is 118 cm³/mol. The van der Waals surface area contributed by atoms with Gasteiger partial charge in [0.15, 0.2) is 0 Å². The number of fused-ring (bicyclic) bond motifs is 1. The molecule has 6 heteroatoms. The Morgan fingerprint density at radius 2 is 1.76 bits per heavy atom. The van der Waals surface area contributed by atoms with Gasteiger partial charge in [-0.1, -0.05) is 30.3 Å². The van der Waals surface area contributed by atoms with Gasteiger partial charge in [0.2, 0.25) is 0 Å². The number of benzene rings is 2. The fraction of sp³-hybridized carbons (Fsp3) is 0.304. The topological polar surface area (TPSA) is 83.3 Å². The lowest BCUT2D eigenvalue weighted by atomic mass is 10.1. The number of carbonyl (C=O) groups excluding carboxylic acids is 1. The molecular formula is C23H27N5O. The van der Waals surface area contributed by atoms with Crippen molar-refractivity contribution >= 4 is 28.4 Å². The minimum absolute atomic E-state index is 0.551. The normalized spacial score (nSPS) is 14.1. The van der Waals surface area contributed by atoms with E-state index in [2.05, 4.69) is 39.8 Å². The van der Waals surface area contributed by atoms with E-state index in [0.29, 0.717) is 5.69 Å². The van der Waals surface area contributed by atoms with Gasteiger partial charge in [-0.15, -0.1) is 0 Å². The Bertz CT molecular complexity index is 980. The zero-order chi connectivity index (χ0) is 20.1. The molecule has 2 heterocycles. The zero-order valence-corrected chi connectivity index (χ0v) is 16.5. The van der Waals surface area contributed by atoms with Gasteiger partial charge >= 0.3 is 6.03 Å². The maximum atomic E-state index is 10.9. The number of primary amides is 1. The second kappa shape index (κ2) is 8.92. The summed E-state index contributed by atoms with van der Waals surface area (Å²) in [5.74, 6) is 1.11. The molecule has 1 saturated heterocycles. The summed E-state index contributed by atoms with van der Waals surface area (Å²) < 4.78 is 0. The molecule has 0 atom stereocenters. The molecule has 3 aromatic rings. The third-order valence-corrected chi connectivity index (χ3v) is 5.30. The third kappa shape index (κ3) is 4.84. The molecule has 0 spiro atoms. The molecule has 4 rings (SSSR count). The monoisotopic (exact) mass is 389 g/mol. The number of nitrogens with one attached hydrogen (secondary N) is 2. The molecule has 0 radical (unpaired) electrons. The summed E-state index contributed by atoms with van der Waals surface area (Å²) in [6.45, 7) is 3.65. The Hall–Kier alpha value is -3.12. The standard InChI is InChI=1S/C23H27N5O/c24-23(29)26-20-10-8-17(9-11-20)15-25-16-19-14-18-6-2-3-7-21(18)27-22(19)28-12-4-1-5-13-28/h2-3,6-11,14,25H,1,4-5,12-13,15-16H2,(H3,24,26,29). The first-order valence-corrected chi connectivity index (χ1v) is 10.2. The van der Waals surface area contributed by atoms with Crippen molar-refractivity contribution in [2.24, 2.45) is 5.73 Å². The summed E-state index contributed by atoms with van der Waals surface area (Å²) in [7, 11) is 0. The summed E-state index contributed by atoms with van der Waals surface area (Å²) in [5.41, 5.74) is 9.28. The van der Waals surface area contributed by atoms with Gasteiger partial charge in [0.05, 0.1) is 5.52 Å². The molecule has 2 amide bonds. The van der Waals surface area contributed by atoms with Crippen molar-refractivity contribution < 1.29 is 4.79 Å². The first-order valence-electron chi connectivity index (χ1n) is 10.2. The Morgan fingerprint density at radius 3 is 2.52 bits per heavy atom. The number of urea groups is 1. The van der Waals surface area contributed by atoms with Gasteiger partial charge in [-0.2, -0.15) is 0 Å².